The average Bonchev–Trinajstić information content (AvgIpc) is 3.54. The normalized spacial score (nSPS) is 14.9. The van der Waals surface area contributed by atoms with Crippen molar-refractivity contribution in [2.45, 2.75) is 24.4 Å². The van der Waals surface area contributed by atoms with Crippen molar-refractivity contribution in [2.75, 3.05) is 19.1 Å². The summed E-state index contributed by atoms with van der Waals surface area (Å²) < 4.78 is 10.1. The third kappa shape index (κ3) is 5.01. The molecule has 0 fully saturated rings. The van der Waals surface area contributed by atoms with Gasteiger partial charge in [-0.1, -0.05) is 65.0 Å². The number of aromatic nitrogens is 2. The number of hydrogen-bond donors (Lipinski definition) is 0. The van der Waals surface area contributed by atoms with E-state index >= 15 is 0 Å². The molecule has 0 amide bonds. The van der Waals surface area contributed by atoms with Gasteiger partial charge in [0.1, 0.15) is 14.2 Å². The molecule has 1 aliphatic heterocycles. The Balaban J connectivity index is 1.62. The number of ether oxygens (including phenoxy) is 1. The number of carbonyl (C=O) groups excluding carboxylic acids is 1. The Hall–Kier alpha value is -2.85. The Bertz CT molecular complexity index is 1610. The highest BCUT2D eigenvalue weighted by Crippen LogP contribution is 2.46. The van der Waals surface area contributed by atoms with E-state index in [2.05, 4.69) is 16.7 Å². The molecule has 0 aliphatic carbocycles. The molecule has 2 aromatic carbocycles. The van der Waals surface area contributed by atoms with Crippen molar-refractivity contribution in [3.63, 3.8) is 0 Å². The zero-order chi connectivity index (χ0) is 25.2. The molecule has 0 radical (unpaired) electrons. The summed E-state index contributed by atoms with van der Waals surface area (Å²) in [6.07, 6.45) is 4.20. The molecule has 0 spiro atoms. The fraction of sp³-hybridized carbons (Fsp3) is 0.192. The fourth-order valence-electron chi connectivity index (χ4n) is 3.96. The number of anilines is 1. The highest BCUT2D eigenvalue weighted by Gasteiger charge is 2.25. The first-order valence-electron chi connectivity index (χ1n) is 11.2. The molecule has 184 valence electrons. The van der Waals surface area contributed by atoms with Crippen molar-refractivity contribution in [1.82, 2.24) is 4.57 Å². The van der Waals surface area contributed by atoms with Crippen molar-refractivity contribution < 1.29 is 14.1 Å². The number of methoxy groups -OCH3 is 1. The molecular weight excluding hydrogens is 534 g/mol. The first-order valence-corrected chi connectivity index (χ1v) is 14.1. The summed E-state index contributed by atoms with van der Waals surface area (Å²) in [5.74, 6) is -0.349. The molecule has 0 N–H and O–H groups in total. The highest BCUT2D eigenvalue weighted by molar-refractivity contribution is 8.08. The first-order chi connectivity index (χ1) is 17.4. The topological polar surface area (TPSA) is 55.4 Å². The molecule has 0 saturated heterocycles. The van der Waals surface area contributed by atoms with Crippen LogP contribution >= 0.6 is 46.0 Å². The quantitative estimate of drug-likeness (QED) is 0.268. The number of nitrogens with zero attached hydrogens (tertiary/aromatic N) is 3. The molecule has 0 unspecified atom stereocenters. The molecule has 0 atom stereocenters. The van der Waals surface area contributed by atoms with E-state index in [-0.39, 0.29) is 24.5 Å². The van der Waals surface area contributed by atoms with Crippen LogP contribution in [0.3, 0.4) is 0 Å². The number of esters is 1. The molecule has 0 saturated carbocycles. The van der Waals surface area contributed by atoms with Crippen molar-refractivity contribution in [3.05, 3.63) is 95.3 Å². The fourth-order valence-corrected chi connectivity index (χ4v) is 7.51. The minimum Gasteiger partial charge on any atom is -0.469 e. The summed E-state index contributed by atoms with van der Waals surface area (Å²) >= 11 is 10.8. The predicted octanol–water partition coefficient (Wildman–Crippen LogP) is 3.66. The average molecular weight is 557 g/mol. The van der Waals surface area contributed by atoms with Gasteiger partial charge in [-0.3, -0.25) is 14.2 Å². The molecule has 2 aromatic heterocycles. The Kier molecular flexibility index (Phi) is 7.34. The standard InChI is InChI=1S/C26H23ClN3O3S3/c1-28-19-9-8-18(27)14-20(19)35-26(28)24-25(32)30(11-10-23(31)33-2)22(36-24)15-21-29(12-13-34-21)16-17-6-4-3-5-7-17/h3-9,12-15H,10-11,16H2,1-2H3/q+1. The lowest BCUT2D eigenvalue weighted by molar-refractivity contribution is -0.685. The molecule has 1 aliphatic rings. The van der Waals surface area contributed by atoms with Crippen LogP contribution in [0.15, 0.2) is 69.8 Å². The van der Waals surface area contributed by atoms with Gasteiger partial charge in [0.15, 0.2) is 12.7 Å². The van der Waals surface area contributed by atoms with Crippen molar-refractivity contribution in [3.8, 4) is 0 Å². The Labute approximate surface area is 225 Å². The Morgan fingerprint density at radius 1 is 1.19 bits per heavy atom. The van der Waals surface area contributed by atoms with Gasteiger partial charge < -0.3 is 9.64 Å². The summed E-state index contributed by atoms with van der Waals surface area (Å²) in [5.41, 5.74) is 2.09. The lowest BCUT2D eigenvalue weighted by Gasteiger charge is -2.12. The summed E-state index contributed by atoms with van der Waals surface area (Å²) in [5, 5.41) is 4.57. The van der Waals surface area contributed by atoms with Crippen LogP contribution in [0.4, 0.5) is 5.69 Å². The van der Waals surface area contributed by atoms with E-state index in [4.69, 9.17) is 16.3 Å². The van der Waals surface area contributed by atoms with Crippen LogP contribution in [-0.2, 0) is 22.6 Å². The third-order valence-electron chi connectivity index (χ3n) is 5.82. The second kappa shape index (κ2) is 10.6. The van der Waals surface area contributed by atoms with Crippen molar-refractivity contribution in [1.29, 1.82) is 0 Å². The minimum absolute atomic E-state index is 0.116. The van der Waals surface area contributed by atoms with Gasteiger partial charge in [-0.15, -0.1) is 11.3 Å². The van der Waals surface area contributed by atoms with Gasteiger partial charge in [-0.2, -0.15) is 4.57 Å². The van der Waals surface area contributed by atoms with Crippen LogP contribution in [0, 0.1) is 0 Å². The van der Waals surface area contributed by atoms with Gasteiger partial charge in [-0.25, -0.2) is 0 Å². The van der Waals surface area contributed by atoms with Gasteiger partial charge >= 0.3 is 5.97 Å². The van der Waals surface area contributed by atoms with Crippen LogP contribution < -0.4 is 24.2 Å². The number of hydrogen-bond acceptors (Lipinski definition) is 7. The molecule has 6 nitrogen and oxygen atoms in total. The smallest absolute Gasteiger partial charge is 0.307 e. The van der Waals surface area contributed by atoms with E-state index < -0.39 is 0 Å². The molecule has 4 aromatic rings. The number of benzene rings is 2. The van der Waals surface area contributed by atoms with Crippen LogP contribution in [0.1, 0.15) is 17.0 Å². The minimum atomic E-state index is -0.349. The summed E-state index contributed by atoms with van der Waals surface area (Å²) in [4.78, 5) is 28.6. The number of halogens is 1. The molecule has 10 heteroatoms. The number of thiazole rings is 2. The number of thioether (sulfide) groups is 1. The third-order valence-corrected chi connectivity index (χ3v) is 9.38. The SMILES string of the molecule is COC(=O)CCn1c(=Cc2scc[n+]2Cc2ccccc2)sc(=C2Sc3cc(Cl)ccc3N2C)c1=O. The number of carbonyl (C=O) groups is 1. The van der Waals surface area contributed by atoms with Gasteiger partial charge in [0.05, 0.1) is 30.7 Å². The Morgan fingerprint density at radius 3 is 2.78 bits per heavy atom. The monoisotopic (exact) mass is 556 g/mol. The van der Waals surface area contributed by atoms with Crippen molar-refractivity contribution in [2.24, 2.45) is 0 Å². The van der Waals surface area contributed by atoms with E-state index in [0.717, 1.165) is 31.8 Å². The summed E-state index contributed by atoms with van der Waals surface area (Å²) in [6, 6.07) is 16.0. The maximum Gasteiger partial charge on any atom is 0.307 e. The number of fused-ring (bicyclic) bond motifs is 1. The van der Waals surface area contributed by atoms with Crippen molar-refractivity contribution >= 4 is 68.8 Å². The highest BCUT2D eigenvalue weighted by atomic mass is 35.5. The molecule has 5 rings (SSSR count). The van der Waals surface area contributed by atoms with Crippen LogP contribution in [0.2, 0.25) is 5.02 Å². The zero-order valence-corrected chi connectivity index (χ0v) is 22.8. The van der Waals surface area contributed by atoms with Crippen LogP contribution in [0.25, 0.3) is 11.1 Å². The van der Waals surface area contributed by atoms with Crippen LogP contribution in [-0.4, -0.2) is 24.7 Å². The Morgan fingerprint density at radius 2 is 2.00 bits per heavy atom. The lowest BCUT2D eigenvalue weighted by atomic mass is 10.2. The molecule has 0 bridgehead atoms. The van der Waals surface area contributed by atoms with Gasteiger partial charge in [0, 0.05) is 29.1 Å². The molecule has 3 heterocycles. The van der Waals surface area contributed by atoms with E-state index in [1.807, 2.05) is 66.0 Å². The molecular formula is C26H23ClN3O3S3+. The van der Waals surface area contributed by atoms with Gasteiger partial charge in [0.2, 0.25) is 0 Å². The van der Waals surface area contributed by atoms with E-state index in [9.17, 15) is 9.59 Å². The van der Waals surface area contributed by atoms with Crippen LogP contribution in [0.5, 0.6) is 0 Å². The van der Waals surface area contributed by atoms with E-state index in [1.54, 1.807) is 15.9 Å². The largest absolute Gasteiger partial charge is 0.469 e. The summed E-state index contributed by atoms with van der Waals surface area (Å²) in [7, 11) is 3.31. The van der Waals surface area contributed by atoms with E-state index in [0.29, 0.717) is 9.55 Å². The second-order valence-corrected chi connectivity index (χ2v) is 11.6. The number of rotatable bonds is 6. The predicted molar refractivity (Wildman–Crippen MR) is 147 cm³/mol. The van der Waals surface area contributed by atoms with E-state index in [1.165, 1.54) is 35.8 Å². The molecule has 36 heavy (non-hydrogen) atoms. The maximum atomic E-state index is 13.7. The zero-order valence-electron chi connectivity index (χ0n) is 19.6. The van der Waals surface area contributed by atoms with Gasteiger partial charge in [0.25, 0.3) is 10.6 Å². The maximum absolute atomic E-state index is 13.7. The lowest BCUT2D eigenvalue weighted by Crippen LogP contribution is -2.36. The van der Waals surface area contributed by atoms with Gasteiger partial charge in [-0.05, 0) is 18.2 Å². The summed E-state index contributed by atoms with van der Waals surface area (Å²) in [6.45, 7) is 0.977. The second-order valence-electron chi connectivity index (χ2n) is 8.13. The first kappa shape index (κ1) is 24.8.